The Kier molecular flexibility index (Phi) is 7.12. The highest BCUT2D eigenvalue weighted by Gasteiger charge is 2.22. The van der Waals surface area contributed by atoms with E-state index >= 15 is 0 Å². The van der Waals surface area contributed by atoms with Gasteiger partial charge in [0.2, 0.25) is 5.89 Å². The Bertz CT molecular complexity index is 1170. The Morgan fingerprint density at radius 3 is 2.58 bits per heavy atom. The van der Waals surface area contributed by atoms with E-state index in [0.717, 1.165) is 5.56 Å². The van der Waals surface area contributed by atoms with Crippen molar-refractivity contribution in [2.45, 2.75) is 25.5 Å². The molecule has 0 saturated carbocycles. The van der Waals surface area contributed by atoms with Gasteiger partial charge in [-0.2, -0.15) is 0 Å². The Hall–Kier alpha value is -3.13. The van der Waals surface area contributed by atoms with Crippen LogP contribution in [0.25, 0.3) is 11.5 Å². The maximum Gasteiger partial charge on any atom is 0.226 e. The molecule has 1 heterocycles. The number of carbonyl (C=O) groups is 1. The second kappa shape index (κ2) is 9.78. The van der Waals surface area contributed by atoms with Gasteiger partial charge in [0.1, 0.15) is 28.8 Å². The number of carbonyl (C=O) groups excluding carboxylic acids is 1. The molecule has 3 rings (SSSR count). The van der Waals surface area contributed by atoms with Crippen LogP contribution in [0.1, 0.15) is 23.4 Å². The molecular formula is C23H25NO6S. The summed E-state index contributed by atoms with van der Waals surface area (Å²) in [5, 5.41) is 0. The molecule has 0 saturated heterocycles. The number of aromatic nitrogens is 1. The molecule has 0 aliphatic heterocycles. The Morgan fingerprint density at radius 2 is 1.84 bits per heavy atom. The molecule has 7 nitrogen and oxygen atoms in total. The Morgan fingerprint density at radius 1 is 1.06 bits per heavy atom. The maximum atomic E-state index is 12.6. The lowest BCUT2D eigenvalue weighted by molar-refractivity contribution is -0.116. The average Bonchev–Trinajstić information content (AvgIpc) is 3.11. The normalized spacial score (nSPS) is 11.3. The number of oxazole rings is 1. The van der Waals surface area contributed by atoms with Crippen molar-refractivity contribution in [1.82, 2.24) is 4.98 Å². The van der Waals surface area contributed by atoms with E-state index in [2.05, 4.69) is 4.98 Å². The lowest BCUT2D eigenvalue weighted by Crippen LogP contribution is -2.18. The number of benzene rings is 2. The van der Waals surface area contributed by atoms with E-state index in [1.165, 1.54) is 0 Å². The summed E-state index contributed by atoms with van der Waals surface area (Å²) in [7, 11) is -0.567. The summed E-state index contributed by atoms with van der Waals surface area (Å²) in [4.78, 5) is 16.7. The molecule has 0 N–H and O–H groups in total. The molecule has 0 bridgehead atoms. The number of aryl methyl sites for hydroxylation is 2. The number of para-hydroxylation sites is 1. The number of nitrogens with zero attached hydrogens (tertiary/aromatic N) is 1. The summed E-state index contributed by atoms with van der Waals surface area (Å²) in [6.45, 7) is 1.66. The first-order valence-corrected chi connectivity index (χ1v) is 11.6. The van der Waals surface area contributed by atoms with Crippen LogP contribution in [0, 0.1) is 6.92 Å². The summed E-state index contributed by atoms with van der Waals surface area (Å²) >= 11 is 0. The van der Waals surface area contributed by atoms with Crippen LogP contribution in [0.15, 0.2) is 52.9 Å². The summed E-state index contributed by atoms with van der Waals surface area (Å²) in [6, 6.07) is 14.5. The van der Waals surface area contributed by atoms with E-state index in [1.54, 1.807) is 45.4 Å². The van der Waals surface area contributed by atoms with Crippen LogP contribution in [-0.4, -0.2) is 39.2 Å². The standard InChI is InChI=1S/C23H25NO6S/c1-16-21(24-23(30-16)18-8-6-9-20(13-18)28-2)15-31(26,27)14-19(25)12-11-17-7-4-5-10-22(17)29-3/h4-10,13H,11-12,14-15H2,1-3H3. The van der Waals surface area contributed by atoms with E-state index in [9.17, 15) is 13.2 Å². The van der Waals surface area contributed by atoms with Gasteiger partial charge in [-0.15, -0.1) is 0 Å². The van der Waals surface area contributed by atoms with Crippen molar-refractivity contribution in [3.8, 4) is 23.0 Å². The van der Waals surface area contributed by atoms with Crippen molar-refractivity contribution in [3.63, 3.8) is 0 Å². The molecule has 8 heteroatoms. The molecule has 0 unspecified atom stereocenters. The van der Waals surface area contributed by atoms with Gasteiger partial charge in [0, 0.05) is 12.0 Å². The smallest absolute Gasteiger partial charge is 0.226 e. The largest absolute Gasteiger partial charge is 0.497 e. The second-order valence-corrected chi connectivity index (χ2v) is 9.20. The van der Waals surface area contributed by atoms with Crippen molar-refractivity contribution < 1.29 is 27.1 Å². The number of hydrogen-bond donors (Lipinski definition) is 0. The van der Waals surface area contributed by atoms with E-state index in [1.807, 2.05) is 24.3 Å². The number of sulfone groups is 1. The molecule has 1 aromatic heterocycles. The number of rotatable bonds is 10. The van der Waals surface area contributed by atoms with Gasteiger partial charge in [-0.1, -0.05) is 24.3 Å². The van der Waals surface area contributed by atoms with E-state index in [4.69, 9.17) is 13.9 Å². The number of ether oxygens (including phenoxy) is 2. The topological polar surface area (TPSA) is 95.7 Å². The summed E-state index contributed by atoms with van der Waals surface area (Å²) in [5.74, 6) is 0.798. The highest BCUT2D eigenvalue weighted by molar-refractivity contribution is 7.91. The third kappa shape index (κ3) is 5.95. The number of ketones is 1. The monoisotopic (exact) mass is 443 g/mol. The third-order valence-electron chi connectivity index (χ3n) is 4.81. The van der Waals surface area contributed by atoms with Crippen LogP contribution in [-0.2, 0) is 26.8 Å². The molecule has 2 aromatic carbocycles. The molecule has 0 aliphatic rings. The first kappa shape index (κ1) is 22.6. The van der Waals surface area contributed by atoms with Gasteiger partial charge < -0.3 is 13.9 Å². The van der Waals surface area contributed by atoms with Crippen molar-refractivity contribution >= 4 is 15.6 Å². The molecule has 3 aromatic rings. The molecule has 31 heavy (non-hydrogen) atoms. The van der Waals surface area contributed by atoms with Gasteiger partial charge in [0.25, 0.3) is 0 Å². The van der Waals surface area contributed by atoms with Gasteiger partial charge in [-0.3, -0.25) is 4.79 Å². The summed E-state index contributed by atoms with van der Waals surface area (Å²) in [5.41, 5.74) is 1.85. The molecule has 0 atom stereocenters. The van der Waals surface area contributed by atoms with Crippen LogP contribution >= 0.6 is 0 Å². The minimum absolute atomic E-state index is 0.118. The predicted molar refractivity (Wildman–Crippen MR) is 117 cm³/mol. The highest BCUT2D eigenvalue weighted by atomic mass is 32.2. The second-order valence-electron chi connectivity index (χ2n) is 7.14. The zero-order chi connectivity index (χ0) is 22.4. The van der Waals surface area contributed by atoms with Gasteiger partial charge in [0.05, 0.1) is 25.7 Å². The third-order valence-corrected chi connectivity index (χ3v) is 6.29. The minimum atomic E-state index is -3.69. The summed E-state index contributed by atoms with van der Waals surface area (Å²) < 4.78 is 41.3. The van der Waals surface area contributed by atoms with E-state index < -0.39 is 15.6 Å². The zero-order valence-corrected chi connectivity index (χ0v) is 18.6. The van der Waals surface area contributed by atoms with Crippen molar-refractivity contribution in [3.05, 3.63) is 65.5 Å². The molecule has 0 aliphatic carbocycles. The molecular weight excluding hydrogens is 418 g/mol. The highest BCUT2D eigenvalue weighted by Crippen LogP contribution is 2.26. The average molecular weight is 444 g/mol. The molecule has 0 radical (unpaired) electrons. The predicted octanol–water partition coefficient (Wildman–Crippen LogP) is 3.78. The molecule has 0 spiro atoms. The van der Waals surface area contributed by atoms with Crippen LogP contribution < -0.4 is 9.47 Å². The fraction of sp³-hybridized carbons (Fsp3) is 0.304. The van der Waals surface area contributed by atoms with E-state index in [0.29, 0.717) is 40.8 Å². The van der Waals surface area contributed by atoms with Gasteiger partial charge >= 0.3 is 0 Å². The van der Waals surface area contributed by atoms with Crippen LogP contribution in [0.5, 0.6) is 11.5 Å². The lowest BCUT2D eigenvalue weighted by atomic mass is 10.1. The lowest BCUT2D eigenvalue weighted by Gasteiger charge is -2.07. The first-order valence-electron chi connectivity index (χ1n) is 9.76. The van der Waals surface area contributed by atoms with Gasteiger partial charge in [-0.25, -0.2) is 13.4 Å². The van der Waals surface area contributed by atoms with Crippen LogP contribution in [0.3, 0.4) is 0 Å². The molecule has 164 valence electrons. The van der Waals surface area contributed by atoms with Gasteiger partial charge in [0.15, 0.2) is 9.84 Å². The fourth-order valence-electron chi connectivity index (χ4n) is 3.20. The first-order chi connectivity index (χ1) is 14.8. The van der Waals surface area contributed by atoms with Crippen molar-refractivity contribution in [2.24, 2.45) is 0 Å². The maximum absolute atomic E-state index is 12.6. The Labute approximate surface area is 181 Å². The van der Waals surface area contributed by atoms with Crippen molar-refractivity contribution in [1.29, 1.82) is 0 Å². The molecule has 0 fully saturated rings. The minimum Gasteiger partial charge on any atom is -0.497 e. The zero-order valence-electron chi connectivity index (χ0n) is 17.8. The van der Waals surface area contributed by atoms with Crippen LogP contribution in [0.2, 0.25) is 0 Å². The SMILES string of the molecule is COc1cccc(-c2nc(CS(=O)(=O)CC(=O)CCc3ccccc3OC)c(C)o2)c1. The van der Waals surface area contributed by atoms with Crippen LogP contribution in [0.4, 0.5) is 0 Å². The quantitative estimate of drug-likeness (QED) is 0.470. The molecule has 0 amide bonds. The number of methoxy groups -OCH3 is 2. The van der Waals surface area contributed by atoms with Gasteiger partial charge in [-0.05, 0) is 43.2 Å². The van der Waals surface area contributed by atoms with Crippen molar-refractivity contribution in [2.75, 3.05) is 20.0 Å². The number of Topliss-reactive ketones (excluding diaryl/α,β-unsaturated/α-hetero) is 1. The number of hydrogen-bond acceptors (Lipinski definition) is 7. The fourth-order valence-corrected chi connectivity index (χ4v) is 4.62. The Balaban J connectivity index is 1.65. The summed E-state index contributed by atoms with van der Waals surface area (Å²) in [6.07, 6.45) is 0.536. The van der Waals surface area contributed by atoms with E-state index in [-0.39, 0.29) is 18.0 Å².